The summed E-state index contributed by atoms with van der Waals surface area (Å²) in [6.07, 6.45) is 1.13. The normalized spacial score (nSPS) is 25.3. The minimum absolute atomic E-state index is 0.209. The van der Waals surface area contributed by atoms with Gasteiger partial charge in [0, 0.05) is 11.5 Å². The summed E-state index contributed by atoms with van der Waals surface area (Å²) in [6, 6.07) is 5.20. The number of hydrogen-bond donors (Lipinski definition) is 2. The van der Waals surface area contributed by atoms with E-state index in [0.717, 1.165) is 17.7 Å². The minimum Gasteiger partial charge on any atom is -0.508 e. The van der Waals surface area contributed by atoms with Crippen LogP contribution in [-0.4, -0.2) is 17.8 Å². The van der Waals surface area contributed by atoms with Crippen molar-refractivity contribution in [2.75, 3.05) is 6.54 Å². The lowest BCUT2D eigenvalue weighted by Crippen LogP contribution is -2.26. The van der Waals surface area contributed by atoms with E-state index >= 15 is 0 Å². The van der Waals surface area contributed by atoms with Gasteiger partial charge in [-0.2, -0.15) is 0 Å². The highest BCUT2D eigenvalue weighted by atomic mass is 16.5. The van der Waals surface area contributed by atoms with Gasteiger partial charge in [0.2, 0.25) is 0 Å². The van der Waals surface area contributed by atoms with Crippen LogP contribution >= 0.6 is 0 Å². The number of rotatable bonds is 1. The number of ether oxygens (including phenoxy) is 1. The van der Waals surface area contributed by atoms with Crippen LogP contribution in [0.15, 0.2) is 18.2 Å². The van der Waals surface area contributed by atoms with Gasteiger partial charge >= 0.3 is 0 Å². The van der Waals surface area contributed by atoms with Gasteiger partial charge in [-0.05, 0) is 38.1 Å². The molecule has 0 bridgehead atoms. The van der Waals surface area contributed by atoms with Crippen molar-refractivity contribution in [1.82, 2.24) is 0 Å². The zero-order chi connectivity index (χ0) is 10.1. The Bertz CT molecular complexity index is 338. The Labute approximate surface area is 83.5 Å². The molecule has 3 N–H and O–H groups in total. The first-order valence-corrected chi connectivity index (χ1v) is 4.90. The van der Waals surface area contributed by atoms with Crippen LogP contribution in [0.4, 0.5) is 0 Å². The van der Waals surface area contributed by atoms with Crippen LogP contribution in [-0.2, 0) is 0 Å². The monoisotopic (exact) mass is 193 g/mol. The Kier molecular flexibility index (Phi) is 2.33. The van der Waals surface area contributed by atoms with Gasteiger partial charge in [-0.3, -0.25) is 0 Å². The van der Waals surface area contributed by atoms with Crippen LogP contribution in [0.3, 0.4) is 0 Å². The first-order valence-electron chi connectivity index (χ1n) is 4.90. The molecule has 3 heteroatoms. The number of phenolic OH excluding ortho intramolecular Hbond substituents is 1. The molecule has 1 aromatic rings. The van der Waals surface area contributed by atoms with Crippen molar-refractivity contribution < 1.29 is 9.84 Å². The molecule has 2 rings (SSSR count). The lowest BCUT2D eigenvalue weighted by atomic mass is 9.90. The van der Waals surface area contributed by atoms with Gasteiger partial charge in [-0.25, -0.2) is 0 Å². The molecule has 14 heavy (non-hydrogen) atoms. The summed E-state index contributed by atoms with van der Waals surface area (Å²) in [6.45, 7) is 2.64. The van der Waals surface area contributed by atoms with E-state index in [4.69, 9.17) is 10.5 Å². The fourth-order valence-electron chi connectivity index (χ4n) is 1.98. The van der Waals surface area contributed by atoms with E-state index in [2.05, 4.69) is 0 Å². The van der Waals surface area contributed by atoms with Crippen molar-refractivity contribution in [3.05, 3.63) is 23.8 Å². The van der Waals surface area contributed by atoms with Gasteiger partial charge in [0.25, 0.3) is 0 Å². The van der Waals surface area contributed by atoms with Crippen molar-refractivity contribution >= 4 is 0 Å². The Morgan fingerprint density at radius 1 is 1.57 bits per heavy atom. The van der Waals surface area contributed by atoms with Crippen LogP contribution in [0.2, 0.25) is 0 Å². The minimum atomic E-state index is 0.209. The van der Waals surface area contributed by atoms with Crippen molar-refractivity contribution in [1.29, 1.82) is 0 Å². The van der Waals surface area contributed by atoms with Gasteiger partial charge < -0.3 is 15.6 Å². The molecule has 0 amide bonds. The standard InChI is InChI=1S/C11H15NO2/c1-7-4-8(6-12)10-5-9(13)2-3-11(10)14-7/h2-3,5,7-8,13H,4,6,12H2,1H3. The third-order valence-electron chi connectivity index (χ3n) is 2.66. The Morgan fingerprint density at radius 2 is 2.36 bits per heavy atom. The van der Waals surface area contributed by atoms with Gasteiger partial charge in [0.1, 0.15) is 11.5 Å². The van der Waals surface area contributed by atoms with Crippen molar-refractivity contribution in [3.63, 3.8) is 0 Å². The fraction of sp³-hybridized carbons (Fsp3) is 0.455. The lowest BCUT2D eigenvalue weighted by Gasteiger charge is -2.29. The predicted molar refractivity (Wildman–Crippen MR) is 54.6 cm³/mol. The summed E-state index contributed by atoms with van der Waals surface area (Å²) in [7, 11) is 0. The molecule has 76 valence electrons. The number of benzene rings is 1. The maximum Gasteiger partial charge on any atom is 0.123 e. The van der Waals surface area contributed by atoms with Crippen LogP contribution in [0.1, 0.15) is 24.8 Å². The molecule has 2 atom stereocenters. The maximum absolute atomic E-state index is 9.37. The average molecular weight is 193 g/mol. The summed E-state index contributed by atoms with van der Waals surface area (Å²) < 4.78 is 5.65. The molecule has 0 spiro atoms. The summed E-state index contributed by atoms with van der Waals surface area (Å²) >= 11 is 0. The highest BCUT2D eigenvalue weighted by molar-refractivity contribution is 5.43. The first-order chi connectivity index (χ1) is 6.70. The molecule has 0 saturated carbocycles. The number of fused-ring (bicyclic) bond motifs is 1. The first kappa shape index (κ1) is 9.34. The highest BCUT2D eigenvalue weighted by Crippen LogP contribution is 2.37. The van der Waals surface area contributed by atoms with E-state index in [1.54, 1.807) is 12.1 Å². The van der Waals surface area contributed by atoms with E-state index in [-0.39, 0.29) is 11.9 Å². The SMILES string of the molecule is CC1CC(CN)c2cc(O)ccc2O1. The molecule has 0 aliphatic carbocycles. The highest BCUT2D eigenvalue weighted by Gasteiger charge is 2.24. The second-order valence-corrected chi connectivity index (χ2v) is 3.82. The van der Waals surface area contributed by atoms with E-state index in [9.17, 15) is 5.11 Å². The molecule has 3 nitrogen and oxygen atoms in total. The van der Waals surface area contributed by atoms with Gasteiger partial charge in [0.15, 0.2) is 0 Å². The van der Waals surface area contributed by atoms with Gasteiger partial charge in [0.05, 0.1) is 6.10 Å². The van der Waals surface area contributed by atoms with Gasteiger partial charge in [-0.1, -0.05) is 0 Å². The summed E-state index contributed by atoms with van der Waals surface area (Å²) in [5.74, 6) is 1.44. The van der Waals surface area contributed by atoms with Crippen molar-refractivity contribution in [2.24, 2.45) is 5.73 Å². The predicted octanol–water partition coefficient (Wildman–Crippen LogP) is 1.61. The lowest BCUT2D eigenvalue weighted by molar-refractivity contribution is 0.177. The number of aromatic hydroxyl groups is 1. The van der Waals surface area contributed by atoms with E-state index < -0.39 is 0 Å². The Balaban J connectivity index is 2.41. The van der Waals surface area contributed by atoms with Crippen LogP contribution in [0.25, 0.3) is 0 Å². The molecule has 1 aliphatic heterocycles. The maximum atomic E-state index is 9.37. The fourth-order valence-corrected chi connectivity index (χ4v) is 1.98. The summed E-state index contributed by atoms with van der Waals surface area (Å²) in [4.78, 5) is 0. The molecular formula is C11H15NO2. The summed E-state index contributed by atoms with van der Waals surface area (Å²) in [5, 5.41) is 9.37. The van der Waals surface area contributed by atoms with Gasteiger partial charge in [-0.15, -0.1) is 0 Å². The Hall–Kier alpha value is -1.22. The van der Waals surface area contributed by atoms with Crippen LogP contribution < -0.4 is 10.5 Å². The number of phenols is 1. The molecular weight excluding hydrogens is 178 g/mol. The molecule has 1 aromatic carbocycles. The molecule has 0 fully saturated rings. The molecule has 2 unspecified atom stereocenters. The molecule has 0 saturated heterocycles. The van der Waals surface area contributed by atoms with E-state index in [1.807, 2.05) is 13.0 Å². The van der Waals surface area contributed by atoms with Crippen molar-refractivity contribution in [2.45, 2.75) is 25.4 Å². The zero-order valence-electron chi connectivity index (χ0n) is 8.23. The second-order valence-electron chi connectivity index (χ2n) is 3.82. The third kappa shape index (κ3) is 1.55. The van der Waals surface area contributed by atoms with E-state index in [1.165, 1.54) is 0 Å². The summed E-state index contributed by atoms with van der Waals surface area (Å²) in [5.41, 5.74) is 6.73. The molecule has 0 aromatic heterocycles. The smallest absolute Gasteiger partial charge is 0.123 e. The van der Waals surface area contributed by atoms with Crippen LogP contribution in [0.5, 0.6) is 11.5 Å². The number of nitrogens with two attached hydrogens (primary N) is 1. The molecule has 1 aliphatic rings. The molecule has 0 radical (unpaired) electrons. The number of hydrogen-bond acceptors (Lipinski definition) is 3. The average Bonchev–Trinajstić information content (AvgIpc) is 2.17. The quantitative estimate of drug-likeness (QED) is 0.712. The zero-order valence-corrected chi connectivity index (χ0v) is 8.23. The Morgan fingerprint density at radius 3 is 3.07 bits per heavy atom. The largest absolute Gasteiger partial charge is 0.508 e. The van der Waals surface area contributed by atoms with Crippen molar-refractivity contribution in [3.8, 4) is 11.5 Å². The topological polar surface area (TPSA) is 55.5 Å². The van der Waals surface area contributed by atoms with E-state index in [0.29, 0.717) is 12.5 Å². The molecule has 1 heterocycles. The third-order valence-corrected chi connectivity index (χ3v) is 2.66. The second kappa shape index (κ2) is 3.50. The van der Waals surface area contributed by atoms with Crippen LogP contribution in [0, 0.1) is 0 Å².